The van der Waals surface area contributed by atoms with Gasteiger partial charge in [-0.25, -0.2) is 0 Å². The van der Waals surface area contributed by atoms with Crippen LogP contribution < -0.4 is 15.4 Å². The van der Waals surface area contributed by atoms with Crippen LogP contribution in [0.3, 0.4) is 0 Å². The van der Waals surface area contributed by atoms with Crippen molar-refractivity contribution in [2.24, 2.45) is 0 Å². The molecule has 142 valence electrons. The largest absolute Gasteiger partial charge is 0.496 e. The van der Waals surface area contributed by atoms with Crippen LogP contribution in [0.15, 0.2) is 18.0 Å². The Morgan fingerprint density at radius 1 is 1.00 bits per heavy atom. The molecule has 6 heteroatoms. The second-order valence-electron chi connectivity index (χ2n) is 6.26. The lowest BCUT2D eigenvalue weighted by atomic mass is 9.94. The third-order valence-electron chi connectivity index (χ3n) is 4.58. The summed E-state index contributed by atoms with van der Waals surface area (Å²) >= 11 is 0. The molecule has 1 aromatic rings. The van der Waals surface area contributed by atoms with Gasteiger partial charge in [0.25, 0.3) is 0 Å². The SMILES string of the molecule is CCCCCCc1c(CC)ccc(C(OC)=C2NC(=O)C(=O)N2)c1OC. The van der Waals surface area contributed by atoms with Crippen LogP contribution in [-0.4, -0.2) is 26.0 Å². The van der Waals surface area contributed by atoms with Gasteiger partial charge in [-0.2, -0.15) is 0 Å². The van der Waals surface area contributed by atoms with Crippen molar-refractivity contribution in [3.8, 4) is 5.75 Å². The number of benzene rings is 1. The van der Waals surface area contributed by atoms with E-state index in [0.717, 1.165) is 36.1 Å². The molecule has 26 heavy (non-hydrogen) atoms. The maximum atomic E-state index is 11.5. The molecule has 6 nitrogen and oxygen atoms in total. The van der Waals surface area contributed by atoms with Crippen molar-refractivity contribution in [1.82, 2.24) is 10.6 Å². The lowest BCUT2D eigenvalue weighted by Crippen LogP contribution is -2.19. The first-order valence-corrected chi connectivity index (χ1v) is 9.16. The van der Waals surface area contributed by atoms with E-state index in [9.17, 15) is 9.59 Å². The van der Waals surface area contributed by atoms with Gasteiger partial charge in [-0.05, 0) is 36.5 Å². The second kappa shape index (κ2) is 9.27. The molecule has 0 aromatic heterocycles. The number of nitrogens with one attached hydrogen (secondary N) is 2. The first-order chi connectivity index (χ1) is 12.6. The fraction of sp³-hybridized carbons (Fsp3) is 0.500. The molecule has 1 saturated heterocycles. The van der Waals surface area contributed by atoms with Crippen LogP contribution >= 0.6 is 0 Å². The number of unbranched alkanes of at least 4 members (excludes halogenated alkanes) is 3. The van der Waals surface area contributed by atoms with Gasteiger partial charge in [0.2, 0.25) is 0 Å². The molecule has 2 amide bonds. The van der Waals surface area contributed by atoms with Crippen molar-refractivity contribution >= 4 is 17.6 Å². The van der Waals surface area contributed by atoms with Gasteiger partial charge < -0.3 is 20.1 Å². The molecule has 0 unspecified atom stereocenters. The minimum absolute atomic E-state index is 0.252. The second-order valence-corrected chi connectivity index (χ2v) is 6.26. The molecule has 0 atom stereocenters. The van der Waals surface area contributed by atoms with Gasteiger partial charge in [-0.3, -0.25) is 9.59 Å². The van der Waals surface area contributed by atoms with Crippen LogP contribution in [-0.2, 0) is 27.2 Å². The minimum atomic E-state index is -0.696. The molecule has 0 bridgehead atoms. The Bertz CT molecular complexity index is 692. The highest BCUT2D eigenvalue weighted by Crippen LogP contribution is 2.35. The zero-order valence-electron chi connectivity index (χ0n) is 16.0. The molecule has 1 aliphatic rings. The predicted molar refractivity (Wildman–Crippen MR) is 100 cm³/mol. The van der Waals surface area contributed by atoms with Crippen LogP contribution in [0.2, 0.25) is 0 Å². The quantitative estimate of drug-likeness (QED) is 0.403. The van der Waals surface area contributed by atoms with E-state index in [0.29, 0.717) is 5.76 Å². The highest BCUT2D eigenvalue weighted by atomic mass is 16.5. The van der Waals surface area contributed by atoms with E-state index in [-0.39, 0.29) is 5.82 Å². The van der Waals surface area contributed by atoms with Crippen LogP contribution in [0.1, 0.15) is 56.2 Å². The number of hydrogen-bond donors (Lipinski definition) is 2. The average molecular weight is 360 g/mol. The number of carbonyl (C=O) groups excluding carboxylic acids is 2. The van der Waals surface area contributed by atoms with Gasteiger partial charge in [0.1, 0.15) is 5.75 Å². The average Bonchev–Trinajstić information content (AvgIpc) is 2.97. The molecule has 2 rings (SSSR count). The molecule has 1 fully saturated rings. The van der Waals surface area contributed by atoms with Crippen LogP contribution in [0.25, 0.3) is 5.76 Å². The molecule has 1 aromatic carbocycles. The Morgan fingerprint density at radius 3 is 2.23 bits per heavy atom. The summed E-state index contributed by atoms with van der Waals surface area (Å²) in [6, 6.07) is 3.97. The van der Waals surface area contributed by atoms with Gasteiger partial charge in [0, 0.05) is 0 Å². The standard InChI is InChI=1S/C20H28N2O4/c1-5-7-8-9-10-14-13(6-2)11-12-15(16(14)25-3)17(26-4)18-21-19(23)20(24)22-18/h11-12H,5-10H2,1-4H3,(H,21,23)(H,22,24). The smallest absolute Gasteiger partial charge is 0.315 e. The molecular formula is C20H28N2O4. The summed E-state index contributed by atoms with van der Waals surface area (Å²) in [6.07, 6.45) is 6.51. The Hall–Kier alpha value is -2.50. The number of amides is 2. The molecular weight excluding hydrogens is 332 g/mol. The summed E-state index contributed by atoms with van der Waals surface area (Å²) in [5, 5.41) is 5.02. The Balaban J connectivity index is 2.46. The maximum Gasteiger partial charge on any atom is 0.315 e. The number of methoxy groups -OCH3 is 2. The molecule has 0 spiro atoms. The highest BCUT2D eigenvalue weighted by molar-refractivity contribution is 6.38. The molecule has 0 radical (unpaired) electrons. The van der Waals surface area contributed by atoms with Gasteiger partial charge in [-0.15, -0.1) is 0 Å². The van der Waals surface area contributed by atoms with E-state index in [1.807, 2.05) is 6.07 Å². The van der Waals surface area contributed by atoms with Crippen LogP contribution in [0.4, 0.5) is 0 Å². The zero-order chi connectivity index (χ0) is 19.1. The third kappa shape index (κ3) is 4.18. The van der Waals surface area contributed by atoms with Crippen molar-refractivity contribution < 1.29 is 19.1 Å². The van der Waals surface area contributed by atoms with Crippen LogP contribution in [0, 0.1) is 0 Å². The summed E-state index contributed by atoms with van der Waals surface area (Å²) in [7, 11) is 3.14. The van der Waals surface area contributed by atoms with Gasteiger partial charge in [0.05, 0.1) is 19.8 Å². The van der Waals surface area contributed by atoms with E-state index in [2.05, 4.69) is 30.5 Å². The third-order valence-corrected chi connectivity index (χ3v) is 4.58. The Kier molecular flexibility index (Phi) is 7.06. The normalized spacial score (nSPS) is 13.5. The number of aryl methyl sites for hydroxylation is 1. The number of carbonyl (C=O) groups is 2. The fourth-order valence-electron chi connectivity index (χ4n) is 3.25. The summed E-state index contributed by atoms with van der Waals surface area (Å²) < 4.78 is 11.2. The monoisotopic (exact) mass is 360 g/mol. The Labute approximate surface area is 154 Å². The molecule has 1 aliphatic heterocycles. The van der Waals surface area contributed by atoms with Crippen molar-refractivity contribution in [2.45, 2.75) is 52.4 Å². The molecule has 0 saturated carbocycles. The molecule has 2 N–H and O–H groups in total. The van der Waals surface area contributed by atoms with Crippen molar-refractivity contribution in [2.75, 3.05) is 14.2 Å². The Morgan fingerprint density at radius 2 is 1.69 bits per heavy atom. The first-order valence-electron chi connectivity index (χ1n) is 9.16. The maximum absolute atomic E-state index is 11.5. The van der Waals surface area contributed by atoms with Crippen molar-refractivity contribution in [3.05, 3.63) is 34.6 Å². The van der Waals surface area contributed by atoms with E-state index < -0.39 is 11.8 Å². The molecule has 0 aliphatic carbocycles. The predicted octanol–water partition coefficient (Wildman–Crippen LogP) is 2.90. The molecule has 1 heterocycles. The lowest BCUT2D eigenvalue weighted by Gasteiger charge is -2.19. The minimum Gasteiger partial charge on any atom is -0.496 e. The summed E-state index contributed by atoms with van der Waals surface area (Å²) in [6.45, 7) is 4.32. The fourth-order valence-corrected chi connectivity index (χ4v) is 3.25. The van der Waals surface area contributed by atoms with Gasteiger partial charge in [-0.1, -0.05) is 39.2 Å². The number of hydrogen-bond acceptors (Lipinski definition) is 4. The number of ether oxygens (including phenoxy) is 2. The van der Waals surface area contributed by atoms with E-state index in [4.69, 9.17) is 9.47 Å². The first kappa shape index (κ1) is 19.8. The summed E-state index contributed by atoms with van der Waals surface area (Å²) in [5.74, 6) is -0.0157. The van der Waals surface area contributed by atoms with E-state index in [1.54, 1.807) is 7.11 Å². The topological polar surface area (TPSA) is 76.7 Å². The van der Waals surface area contributed by atoms with Gasteiger partial charge >= 0.3 is 11.8 Å². The van der Waals surface area contributed by atoms with Crippen molar-refractivity contribution in [1.29, 1.82) is 0 Å². The zero-order valence-corrected chi connectivity index (χ0v) is 16.0. The summed E-state index contributed by atoms with van der Waals surface area (Å²) in [4.78, 5) is 23.0. The van der Waals surface area contributed by atoms with E-state index in [1.165, 1.54) is 31.9 Å². The number of rotatable bonds is 9. The highest BCUT2D eigenvalue weighted by Gasteiger charge is 2.29. The van der Waals surface area contributed by atoms with Gasteiger partial charge in [0.15, 0.2) is 11.6 Å². The van der Waals surface area contributed by atoms with E-state index >= 15 is 0 Å². The van der Waals surface area contributed by atoms with Crippen molar-refractivity contribution in [3.63, 3.8) is 0 Å². The lowest BCUT2D eigenvalue weighted by molar-refractivity contribution is -0.135. The summed E-state index contributed by atoms with van der Waals surface area (Å²) in [5.41, 5.74) is 3.12. The van der Waals surface area contributed by atoms with Crippen LogP contribution in [0.5, 0.6) is 5.75 Å².